The number of rotatable bonds is 2. The third-order valence-electron chi connectivity index (χ3n) is 5.09. The summed E-state index contributed by atoms with van der Waals surface area (Å²) in [6.07, 6.45) is 2.30. The first-order valence-corrected chi connectivity index (χ1v) is 8.87. The predicted molar refractivity (Wildman–Crippen MR) is 101 cm³/mol. The topological polar surface area (TPSA) is 51.0 Å². The van der Waals surface area contributed by atoms with E-state index in [1.807, 2.05) is 4.68 Å². The van der Waals surface area contributed by atoms with E-state index in [0.29, 0.717) is 5.95 Å². The number of anilines is 1. The number of aryl methyl sites for hydroxylation is 2. The molecule has 0 saturated heterocycles. The van der Waals surface area contributed by atoms with Crippen molar-refractivity contribution in [3.05, 3.63) is 77.1 Å². The van der Waals surface area contributed by atoms with Gasteiger partial charge in [0.25, 0.3) is 0 Å². The first-order chi connectivity index (χ1) is 12.5. The Morgan fingerprint density at radius 1 is 0.923 bits per heavy atom. The van der Waals surface area contributed by atoms with Crippen LogP contribution in [0.4, 0.5) is 5.95 Å². The van der Waals surface area contributed by atoms with Crippen LogP contribution >= 0.6 is 0 Å². The van der Waals surface area contributed by atoms with E-state index in [1.165, 1.54) is 23.0 Å². The lowest BCUT2D eigenvalue weighted by Gasteiger charge is -2.38. The number of benzene rings is 2. The Hall–Kier alpha value is -2.95. The van der Waals surface area contributed by atoms with Crippen LogP contribution in [-0.2, 0) is 4.79 Å². The van der Waals surface area contributed by atoms with Crippen LogP contribution in [0.25, 0.3) is 0 Å². The molecule has 1 aliphatic heterocycles. The summed E-state index contributed by atoms with van der Waals surface area (Å²) >= 11 is 0. The highest BCUT2D eigenvalue weighted by molar-refractivity contribution is 5.90. The van der Waals surface area contributed by atoms with Crippen molar-refractivity contribution >= 4 is 11.9 Å². The van der Waals surface area contributed by atoms with Crippen LogP contribution in [0.1, 0.15) is 47.7 Å². The van der Waals surface area contributed by atoms with Gasteiger partial charge in [0, 0.05) is 6.92 Å². The number of hydrogen-bond donors (Lipinski definition) is 0. The monoisotopic (exact) mass is 346 g/mol. The van der Waals surface area contributed by atoms with Gasteiger partial charge < -0.3 is 0 Å². The lowest BCUT2D eigenvalue weighted by Crippen LogP contribution is -2.41. The van der Waals surface area contributed by atoms with Crippen molar-refractivity contribution in [3.63, 3.8) is 0 Å². The SMILES string of the molecule is CC(=O)N1c2ncnn2C(c2ccc(C)cc2)CC1c1ccc(C)cc1. The molecule has 0 aliphatic carbocycles. The second-order valence-corrected chi connectivity index (χ2v) is 6.98. The molecule has 1 amide bonds. The number of amides is 1. The minimum atomic E-state index is -0.0592. The summed E-state index contributed by atoms with van der Waals surface area (Å²) in [6, 6.07) is 16.9. The molecule has 26 heavy (non-hydrogen) atoms. The fourth-order valence-corrected chi connectivity index (χ4v) is 3.69. The Balaban J connectivity index is 1.82. The molecule has 4 rings (SSSR count). The van der Waals surface area contributed by atoms with Crippen molar-refractivity contribution in [1.29, 1.82) is 0 Å². The van der Waals surface area contributed by atoms with E-state index in [1.54, 1.807) is 11.8 Å². The predicted octanol–water partition coefficient (Wildman–Crippen LogP) is 3.98. The van der Waals surface area contributed by atoms with Crippen molar-refractivity contribution in [2.75, 3.05) is 4.90 Å². The largest absolute Gasteiger partial charge is 0.275 e. The second kappa shape index (κ2) is 6.41. The smallest absolute Gasteiger partial charge is 0.231 e. The summed E-state index contributed by atoms with van der Waals surface area (Å²) in [5, 5.41) is 4.42. The zero-order valence-corrected chi connectivity index (χ0v) is 15.3. The lowest BCUT2D eigenvalue weighted by atomic mass is 9.91. The van der Waals surface area contributed by atoms with Gasteiger partial charge in [-0.1, -0.05) is 59.7 Å². The Kier molecular flexibility index (Phi) is 4.07. The van der Waals surface area contributed by atoms with E-state index < -0.39 is 0 Å². The van der Waals surface area contributed by atoms with Gasteiger partial charge in [-0.15, -0.1) is 0 Å². The average Bonchev–Trinajstić information content (AvgIpc) is 3.11. The number of carbonyl (C=O) groups excluding carboxylic acids is 1. The summed E-state index contributed by atoms with van der Waals surface area (Å²) in [5.74, 6) is 0.590. The molecule has 2 heterocycles. The zero-order chi connectivity index (χ0) is 18.3. The van der Waals surface area contributed by atoms with Gasteiger partial charge in [0.1, 0.15) is 6.33 Å². The highest BCUT2D eigenvalue weighted by Gasteiger charge is 2.37. The maximum Gasteiger partial charge on any atom is 0.231 e. The van der Waals surface area contributed by atoms with Gasteiger partial charge in [-0.2, -0.15) is 10.1 Å². The first kappa shape index (κ1) is 16.5. The Bertz CT molecular complexity index is 927. The number of aromatic nitrogens is 3. The summed E-state index contributed by atoms with van der Waals surface area (Å²) in [5.41, 5.74) is 4.74. The van der Waals surface area contributed by atoms with Crippen LogP contribution in [0.15, 0.2) is 54.9 Å². The van der Waals surface area contributed by atoms with E-state index in [-0.39, 0.29) is 18.0 Å². The van der Waals surface area contributed by atoms with Gasteiger partial charge in [0.15, 0.2) is 0 Å². The Morgan fingerprint density at radius 3 is 2.00 bits per heavy atom. The Labute approximate surface area is 153 Å². The van der Waals surface area contributed by atoms with Gasteiger partial charge in [-0.05, 0) is 31.4 Å². The number of nitrogens with zero attached hydrogens (tertiary/aromatic N) is 4. The molecule has 1 aliphatic rings. The lowest BCUT2D eigenvalue weighted by molar-refractivity contribution is -0.117. The molecular formula is C21H22N4O. The normalized spacial score (nSPS) is 19.3. The molecule has 2 unspecified atom stereocenters. The number of fused-ring (bicyclic) bond motifs is 1. The van der Waals surface area contributed by atoms with Gasteiger partial charge in [0.05, 0.1) is 12.1 Å². The molecule has 2 atom stereocenters. The van der Waals surface area contributed by atoms with Crippen LogP contribution in [0.5, 0.6) is 0 Å². The summed E-state index contributed by atoms with van der Waals surface area (Å²) in [7, 11) is 0. The number of carbonyl (C=O) groups is 1. The van der Waals surface area contributed by atoms with Crippen LogP contribution in [0.3, 0.4) is 0 Å². The molecule has 1 aromatic heterocycles. The molecular weight excluding hydrogens is 324 g/mol. The number of hydrogen-bond acceptors (Lipinski definition) is 3. The minimum Gasteiger partial charge on any atom is -0.275 e. The van der Waals surface area contributed by atoms with Crippen molar-refractivity contribution in [3.8, 4) is 0 Å². The van der Waals surface area contributed by atoms with Crippen molar-refractivity contribution in [2.45, 2.75) is 39.3 Å². The summed E-state index contributed by atoms with van der Waals surface area (Å²) in [6.45, 7) is 5.74. The summed E-state index contributed by atoms with van der Waals surface area (Å²) in [4.78, 5) is 18.6. The van der Waals surface area contributed by atoms with Crippen molar-refractivity contribution in [2.24, 2.45) is 0 Å². The molecule has 2 aromatic carbocycles. The van der Waals surface area contributed by atoms with E-state index in [4.69, 9.17) is 0 Å². The average molecular weight is 346 g/mol. The quantitative estimate of drug-likeness (QED) is 0.705. The zero-order valence-electron chi connectivity index (χ0n) is 15.3. The van der Waals surface area contributed by atoms with E-state index in [0.717, 1.165) is 12.0 Å². The minimum absolute atomic E-state index is 0.0211. The molecule has 0 spiro atoms. The Morgan fingerprint density at radius 2 is 1.46 bits per heavy atom. The van der Waals surface area contributed by atoms with Crippen LogP contribution in [0, 0.1) is 13.8 Å². The summed E-state index contributed by atoms with van der Waals surface area (Å²) < 4.78 is 1.87. The van der Waals surface area contributed by atoms with Gasteiger partial charge in [0.2, 0.25) is 11.9 Å². The van der Waals surface area contributed by atoms with Gasteiger partial charge >= 0.3 is 0 Å². The maximum absolute atomic E-state index is 12.4. The fourth-order valence-electron chi connectivity index (χ4n) is 3.69. The molecule has 0 saturated carbocycles. The molecule has 3 aromatic rings. The third kappa shape index (κ3) is 2.79. The van der Waals surface area contributed by atoms with Crippen molar-refractivity contribution < 1.29 is 4.79 Å². The third-order valence-corrected chi connectivity index (χ3v) is 5.09. The molecule has 5 nitrogen and oxygen atoms in total. The van der Waals surface area contributed by atoms with Gasteiger partial charge in [-0.25, -0.2) is 4.68 Å². The van der Waals surface area contributed by atoms with E-state index >= 15 is 0 Å². The maximum atomic E-state index is 12.4. The highest BCUT2D eigenvalue weighted by atomic mass is 16.2. The van der Waals surface area contributed by atoms with Crippen LogP contribution < -0.4 is 4.90 Å². The molecule has 0 fully saturated rings. The second-order valence-electron chi connectivity index (χ2n) is 6.98. The van der Waals surface area contributed by atoms with Crippen LogP contribution in [0.2, 0.25) is 0 Å². The molecule has 132 valence electrons. The molecule has 5 heteroatoms. The first-order valence-electron chi connectivity index (χ1n) is 8.87. The van der Waals surface area contributed by atoms with E-state index in [2.05, 4.69) is 72.5 Å². The van der Waals surface area contributed by atoms with Crippen molar-refractivity contribution in [1.82, 2.24) is 14.8 Å². The fraction of sp³-hybridized carbons (Fsp3) is 0.286. The van der Waals surface area contributed by atoms with Crippen LogP contribution in [-0.4, -0.2) is 20.7 Å². The van der Waals surface area contributed by atoms with Gasteiger partial charge in [-0.3, -0.25) is 9.69 Å². The molecule has 0 radical (unpaired) electrons. The van der Waals surface area contributed by atoms with E-state index in [9.17, 15) is 4.79 Å². The molecule has 0 N–H and O–H groups in total. The standard InChI is InChI=1S/C21H22N4O/c1-14-4-8-17(9-5-14)19-12-20(18-10-6-15(2)7-11-18)25-21(22-13-23-25)24(19)16(3)26/h4-11,13,19-20H,12H2,1-3H3. The molecule has 0 bridgehead atoms. The highest BCUT2D eigenvalue weighted by Crippen LogP contribution is 2.41.